The molecule has 0 aliphatic carbocycles. The average Bonchev–Trinajstić information content (AvgIpc) is 2.64. The highest BCUT2D eigenvalue weighted by atomic mass is 31.1. The Morgan fingerprint density at radius 1 is 0.696 bits per heavy atom. The second kappa shape index (κ2) is 8.06. The maximum Gasteiger partial charge on any atom is 0.0576 e. The molecule has 0 aromatic heterocycles. The van der Waals surface area contributed by atoms with Crippen LogP contribution in [0.15, 0.2) is 91.0 Å². The van der Waals surface area contributed by atoms with Gasteiger partial charge in [0.15, 0.2) is 0 Å². The van der Waals surface area contributed by atoms with Crippen LogP contribution in [-0.4, -0.2) is 13.7 Å². The van der Waals surface area contributed by atoms with Crippen LogP contribution in [0.1, 0.15) is 11.2 Å². The fourth-order valence-corrected chi connectivity index (χ4v) is 5.61. The molecule has 0 spiro atoms. The molecule has 0 amide bonds. The van der Waals surface area contributed by atoms with Gasteiger partial charge in [-0.1, -0.05) is 91.0 Å². The van der Waals surface area contributed by atoms with Crippen molar-refractivity contribution in [1.29, 1.82) is 0 Å². The summed E-state index contributed by atoms with van der Waals surface area (Å²) in [5.74, 6) is 0. The molecule has 3 aromatic carbocycles. The van der Waals surface area contributed by atoms with Gasteiger partial charge in [0.05, 0.1) is 6.61 Å². The van der Waals surface area contributed by atoms with Crippen molar-refractivity contribution in [3.63, 3.8) is 0 Å². The van der Waals surface area contributed by atoms with E-state index in [4.69, 9.17) is 4.74 Å². The van der Waals surface area contributed by atoms with Gasteiger partial charge in [-0.05, 0) is 24.1 Å². The number of ether oxygens (including phenoxy) is 1. The minimum atomic E-state index is -0.521. The van der Waals surface area contributed by atoms with Crippen LogP contribution in [0.2, 0.25) is 0 Å². The molecule has 3 rings (SSSR count). The van der Waals surface area contributed by atoms with Gasteiger partial charge in [0.25, 0.3) is 0 Å². The van der Waals surface area contributed by atoms with Crippen LogP contribution in [0.5, 0.6) is 0 Å². The Balaban J connectivity index is 2.09. The average molecular weight is 320 g/mol. The van der Waals surface area contributed by atoms with Gasteiger partial charge in [0.1, 0.15) is 0 Å². The summed E-state index contributed by atoms with van der Waals surface area (Å²) in [7, 11) is 1.27. The van der Waals surface area contributed by atoms with Crippen molar-refractivity contribution in [2.45, 2.75) is 5.66 Å². The molecular weight excluding hydrogens is 299 g/mol. The van der Waals surface area contributed by atoms with Crippen molar-refractivity contribution >= 4 is 18.5 Å². The SMILES string of the molecule is COC[C@H](c1ccccc1)P(c1ccccc1)c1ccccc1. The minimum absolute atomic E-state index is 0.348. The highest BCUT2D eigenvalue weighted by Gasteiger charge is 2.25. The van der Waals surface area contributed by atoms with Crippen molar-refractivity contribution in [3.05, 3.63) is 96.6 Å². The summed E-state index contributed by atoms with van der Waals surface area (Å²) in [6.07, 6.45) is 0. The largest absolute Gasteiger partial charge is 0.384 e. The zero-order valence-corrected chi connectivity index (χ0v) is 14.2. The number of benzene rings is 3. The predicted octanol–water partition coefficient (Wildman–Crippen LogP) is 4.51. The zero-order valence-electron chi connectivity index (χ0n) is 13.3. The predicted molar refractivity (Wildman–Crippen MR) is 100 cm³/mol. The molecular formula is C21H21OP. The molecule has 0 bridgehead atoms. The van der Waals surface area contributed by atoms with E-state index in [1.54, 1.807) is 7.11 Å². The third-order valence-corrected chi connectivity index (χ3v) is 6.67. The van der Waals surface area contributed by atoms with Crippen LogP contribution >= 0.6 is 7.92 Å². The normalized spacial score (nSPS) is 12.3. The number of methoxy groups -OCH3 is 1. The molecule has 3 aromatic rings. The van der Waals surface area contributed by atoms with Crippen LogP contribution in [0.4, 0.5) is 0 Å². The second-order valence-corrected chi connectivity index (χ2v) is 7.82. The van der Waals surface area contributed by atoms with E-state index in [9.17, 15) is 0 Å². The van der Waals surface area contributed by atoms with Crippen LogP contribution in [0, 0.1) is 0 Å². The Labute approximate surface area is 139 Å². The number of rotatable bonds is 6. The Morgan fingerprint density at radius 2 is 1.13 bits per heavy atom. The third kappa shape index (κ3) is 3.88. The number of hydrogen-bond donors (Lipinski definition) is 0. The number of hydrogen-bond acceptors (Lipinski definition) is 1. The lowest BCUT2D eigenvalue weighted by atomic mass is 10.1. The first kappa shape index (κ1) is 15.9. The molecule has 0 unspecified atom stereocenters. The molecule has 0 N–H and O–H groups in total. The van der Waals surface area contributed by atoms with Crippen molar-refractivity contribution < 1.29 is 4.74 Å². The fraction of sp³-hybridized carbons (Fsp3) is 0.143. The van der Waals surface area contributed by atoms with Gasteiger partial charge in [-0.25, -0.2) is 0 Å². The van der Waals surface area contributed by atoms with Crippen molar-refractivity contribution in [3.8, 4) is 0 Å². The van der Waals surface area contributed by atoms with E-state index in [-0.39, 0.29) is 0 Å². The summed E-state index contributed by atoms with van der Waals surface area (Å²) in [5.41, 5.74) is 1.69. The second-order valence-electron chi connectivity index (χ2n) is 5.42. The van der Waals surface area contributed by atoms with Crippen molar-refractivity contribution in [2.24, 2.45) is 0 Å². The topological polar surface area (TPSA) is 9.23 Å². The fourth-order valence-electron chi connectivity index (χ4n) is 2.84. The molecule has 116 valence electrons. The first-order valence-corrected chi connectivity index (χ1v) is 9.24. The maximum atomic E-state index is 5.60. The highest BCUT2D eigenvalue weighted by Crippen LogP contribution is 2.49. The maximum absolute atomic E-state index is 5.60. The Bertz CT molecular complexity index is 658. The molecule has 0 radical (unpaired) electrons. The van der Waals surface area contributed by atoms with Crippen molar-refractivity contribution in [1.82, 2.24) is 0 Å². The van der Waals surface area contributed by atoms with E-state index >= 15 is 0 Å². The highest BCUT2D eigenvalue weighted by molar-refractivity contribution is 7.73. The van der Waals surface area contributed by atoms with Gasteiger partial charge < -0.3 is 4.74 Å². The van der Waals surface area contributed by atoms with Crippen LogP contribution in [-0.2, 0) is 4.74 Å². The van der Waals surface area contributed by atoms with Gasteiger partial charge in [-0.3, -0.25) is 0 Å². The molecule has 0 aliphatic heterocycles. The summed E-state index contributed by atoms with van der Waals surface area (Å²) in [4.78, 5) is 0. The summed E-state index contributed by atoms with van der Waals surface area (Å²) in [6.45, 7) is 0.722. The minimum Gasteiger partial charge on any atom is -0.384 e. The molecule has 23 heavy (non-hydrogen) atoms. The molecule has 2 heteroatoms. The van der Waals surface area contributed by atoms with E-state index in [0.29, 0.717) is 5.66 Å². The first-order valence-electron chi connectivity index (χ1n) is 7.83. The van der Waals surface area contributed by atoms with Gasteiger partial charge >= 0.3 is 0 Å². The summed E-state index contributed by atoms with van der Waals surface area (Å²) < 4.78 is 5.60. The molecule has 0 heterocycles. The van der Waals surface area contributed by atoms with E-state index in [1.165, 1.54) is 16.2 Å². The Hall–Kier alpha value is -1.95. The van der Waals surface area contributed by atoms with E-state index in [0.717, 1.165) is 6.61 Å². The van der Waals surface area contributed by atoms with E-state index in [2.05, 4.69) is 91.0 Å². The smallest absolute Gasteiger partial charge is 0.0576 e. The lowest BCUT2D eigenvalue weighted by Gasteiger charge is -2.28. The van der Waals surface area contributed by atoms with Gasteiger partial charge in [-0.15, -0.1) is 0 Å². The molecule has 1 atom stereocenters. The lowest BCUT2D eigenvalue weighted by Crippen LogP contribution is -2.19. The molecule has 1 nitrogen and oxygen atoms in total. The molecule has 0 fully saturated rings. The van der Waals surface area contributed by atoms with Gasteiger partial charge in [-0.2, -0.15) is 0 Å². The Morgan fingerprint density at radius 3 is 1.57 bits per heavy atom. The molecule has 0 aliphatic rings. The van der Waals surface area contributed by atoms with Crippen LogP contribution in [0.3, 0.4) is 0 Å². The summed E-state index contributed by atoms with van der Waals surface area (Å²) >= 11 is 0. The monoisotopic (exact) mass is 320 g/mol. The van der Waals surface area contributed by atoms with Crippen LogP contribution in [0.25, 0.3) is 0 Å². The van der Waals surface area contributed by atoms with E-state index < -0.39 is 7.92 Å². The molecule has 0 saturated heterocycles. The third-order valence-electron chi connectivity index (χ3n) is 3.89. The Kier molecular flexibility index (Phi) is 5.58. The van der Waals surface area contributed by atoms with E-state index in [1.807, 2.05) is 0 Å². The quantitative estimate of drug-likeness (QED) is 0.607. The molecule has 0 saturated carbocycles. The first-order chi connectivity index (χ1) is 11.4. The summed E-state index contributed by atoms with van der Waals surface area (Å²) in [5, 5.41) is 2.78. The summed E-state index contributed by atoms with van der Waals surface area (Å²) in [6, 6.07) is 32.4. The van der Waals surface area contributed by atoms with Crippen LogP contribution < -0.4 is 10.6 Å². The lowest BCUT2D eigenvalue weighted by molar-refractivity contribution is 0.199. The van der Waals surface area contributed by atoms with Gasteiger partial charge in [0, 0.05) is 12.8 Å². The van der Waals surface area contributed by atoms with Gasteiger partial charge in [0.2, 0.25) is 0 Å². The zero-order chi connectivity index (χ0) is 15.9. The van der Waals surface area contributed by atoms with Crippen molar-refractivity contribution in [2.75, 3.05) is 13.7 Å². The standard InChI is InChI=1S/C21H21OP/c1-22-17-21(18-11-5-2-6-12-18)23(19-13-7-3-8-14-19)20-15-9-4-10-16-20/h2-16,21H,17H2,1H3/t21-/m1/s1.